The van der Waals surface area contributed by atoms with Gasteiger partial charge in [0, 0.05) is 6.04 Å². The molecule has 1 aromatic carbocycles. The summed E-state index contributed by atoms with van der Waals surface area (Å²) in [4.78, 5) is 12.0. The zero-order chi connectivity index (χ0) is 13.7. The number of amides is 1. The van der Waals surface area contributed by atoms with Crippen molar-refractivity contribution < 1.29 is 9.53 Å². The van der Waals surface area contributed by atoms with Crippen molar-refractivity contribution in [2.75, 3.05) is 13.7 Å². The topological polar surface area (TPSA) is 50.4 Å². The average Bonchev–Trinajstić information content (AvgIpc) is 2.92. The molecular weight excluding hydrogens is 240 g/mol. The molecule has 0 radical (unpaired) electrons. The molecule has 1 aliphatic heterocycles. The predicted octanol–water partition coefficient (Wildman–Crippen LogP) is 1.49. The highest BCUT2D eigenvalue weighted by molar-refractivity contribution is 5.82. The van der Waals surface area contributed by atoms with Gasteiger partial charge in [-0.05, 0) is 50.4 Å². The van der Waals surface area contributed by atoms with E-state index in [1.54, 1.807) is 7.11 Å². The quantitative estimate of drug-likeness (QED) is 0.845. The van der Waals surface area contributed by atoms with Gasteiger partial charge in [0.15, 0.2) is 0 Å². The highest BCUT2D eigenvalue weighted by atomic mass is 16.5. The summed E-state index contributed by atoms with van der Waals surface area (Å²) in [5, 5.41) is 6.28. The van der Waals surface area contributed by atoms with Crippen molar-refractivity contribution in [3.05, 3.63) is 29.8 Å². The molecule has 0 bridgehead atoms. The molecule has 2 rings (SSSR count). The van der Waals surface area contributed by atoms with Gasteiger partial charge in [0.1, 0.15) is 5.75 Å². The van der Waals surface area contributed by atoms with Crippen LogP contribution in [-0.2, 0) is 11.2 Å². The highest BCUT2D eigenvalue weighted by Gasteiger charge is 2.22. The molecule has 1 saturated heterocycles. The Hall–Kier alpha value is -1.55. The van der Waals surface area contributed by atoms with Crippen LogP contribution >= 0.6 is 0 Å². The van der Waals surface area contributed by atoms with Gasteiger partial charge in [0.25, 0.3) is 0 Å². The van der Waals surface area contributed by atoms with Gasteiger partial charge in [-0.1, -0.05) is 12.1 Å². The van der Waals surface area contributed by atoms with E-state index in [9.17, 15) is 4.79 Å². The fourth-order valence-corrected chi connectivity index (χ4v) is 2.46. The van der Waals surface area contributed by atoms with Crippen LogP contribution in [0.5, 0.6) is 5.75 Å². The van der Waals surface area contributed by atoms with Crippen LogP contribution in [0, 0.1) is 0 Å². The number of rotatable bonds is 5. The van der Waals surface area contributed by atoms with E-state index in [0.29, 0.717) is 0 Å². The maximum Gasteiger partial charge on any atom is 0.237 e. The SMILES string of the molecule is COc1cccc(C[C@H](C)NC(=O)[C@H]2CCCN2)c1. The molecule has 4 nitrogen and oxygen atoms in total. The summed E-state index contributed by atoms with van der Waals surface area (Å²) in [6.07, 6.45) is 2.84. The second kappa shape index (κ2) is 6.57. The normalized spacial score (nSPS) is 20.0. The van der Waals surface area contributed by atoms with Gasteiger partial charge in [-0.15, -0.1) is 0 Å². The Labute approximate surface area is 114 Å². The van der Waals surface area contributed by atoms with Crippen LogP contribution in [-0.4, -0.2) is 31.6 Å². The zero-order valence-electron chi connectivity index (χ0n) is 11.6. The lowest BCUT2D eigenvalue weighted by Gasteiger charge is -2.17. The molecule has 1 aliphatic rings. The van der Waals surface area contributed by atoms with Gasteiger partial charge in [-0.2, -0.15) is 0 Å². The van der Waals surface area contributed by atoms with Crippen LogP contribution in [0.15, 0.2) is 24.3 Å². The lowest BCUT2D eigenvalue weighted by atomic mass is 10.1. The molecule has 19 heavy (non-hydrogen) atoms. The summed E-state index contributed by atoms with van der Waals surface area (Å²) < 4.78 is 5.20. The Kier molecular flexibility index (Phi) is 4.80. The number of hydrogen-bond donors (Lipinski definition) is 2. The third kappa shape index (κ3) is 3.96. The van der Waals surface area contributed by atoms with Gasteiger partial charge in [0.2, 0.25) is 5.91 Å². The maximum atomic E-state index is 12.0. The Morgan fingerprint density at radius 2 is 2.42 bits per heavy atom. The van der Waals surface area contributed by atoms with Crippen LogP contribution in [0.3, 0.4) is 0 Å². The molecule has 2 atom stereocenters. The molecule has 104 valence electrons. The van der Waals surface area contributed by atoms with Crippen LogP contribution in [0.1, 0.15) is 25.3 Å². The van der Waals surface area contributed by atoms with E-state index >= 15 is 0 Å². The summed E-state index contributed by atoms with van der Waals surface area (Å²) in [6, 6.07) is 8.08. The Bertz CT molecular complexity index is 428. The third-order valence-electron chi connectivity index (χ3n) is 3.44. The summed E-state index contributed by atoms with van der Waals surface area (Å²) >= 11 is 0. The highest BCUT2D eigenvalue weighted by Crippen LogP contribution is 2.14. The van der Waals surface area contributed by atoms with Crippen molar-refractivity contribution in [2.45, 2.75) is 38.3 Å². The summed E-state index contributed by atoms with van der Waals surface area (Å²) in [5.41, 5.74) is 1.17. The minimum absolute atomic E-state index is 0.00670. The summed E-state index contributed by atoms with van der Waals surface area (Å²) in [7, 11) is 1.66. The standard InChI is InChI=1S/C15H22N2O2/c1-11(17-15(18)14-7-4-8-16-14)9-12-5-3-6-13(10-12)19-2/h3,5-6,10-11,14,16H,4,7-9H2,1-2H3,(H,17,18)/t11-,14+/m0/s1. The van der Waals surface area contributed by atoms with E-state index in [2.05, 4.69) is 16.7 Å². The van der Waals surface area contributed by atoms with Gasteiger partial charge < -0.3 is 15.4 Å². The molecule has 1 heterocycles. The number of carbonyl (C=O) groups is 1. The minimum atomic E-state index is -0.00670. The molecular formula is C15H22N2O2. The number of hydrogen-bond acceptors (Lipinski definition) is 3. The lowest BCUT2D eigenvalue weighted by molar-refractivity contribution is -0.123. The lowest BCUT2D eigenvalue weighted by Crippen LogP contribution is -2.44. The maximum absolute atomic E-state index is 12.0. The average molecular weight is 262 g/mol. The van der Waals surface area contributed by atoms with Crippen LogP contribution in [0.2, 0.25) is 0 Å². The molecule has 4 heteroatoms. The molecule has 0 aromatic heterocycles. The Morgan fingerprint density at radius 1 is 1.58 bits per heavy atom. The van der Waals surface area contributed by atoms with E-state index in [4.69, 9.17) is 4.74 Å². The molecule has 2 N–H and O–H groups in total. The smallest absolute Gasteiger partial charge is 0.237 e. The van der Waals surface area contributed by atoms with E-state index in [-0.39, 0.29) is 18.0 Å². The second-order valence-electron chi connectivity index (χ2n) is 5.11. The monoisotopic (exact) mass is 262 g/mol. The number of nitrogens with one attached hydrogen (secondary N) is 2. The fourth-order valence-electron chi connectivity index (χ4n) is 2.46. The molecule has 1 amide bonds. The molecule has 1 fully saturated rings. The molecule has 0 unspecified atom stereocenters. The van der Waals surface area contributed by atoms with Crippen LogP contribution in [0.25, 0.3) is 0 Å². The first kappa shape index (κ1) is 13.9. The number of methoxy groups -OCH3 is 1. The zero-order valence-corrected chi connectivity index (χ0v) is 11.6. The first-order valence-electron chi connectivity index (χ1n) is 6.85. The molecule has 1 aromatic rings. The second-order valence-corrected chi connectivity index (χ2v) is 5.11. The number of ether oxygens (including phenoxy) is 1. The largest absolute Gasteiger partial charge is 0.497 e. The summed E-state index contributed by atoms with van der Waals surface area (Å²) in [6.45, 7) is 2.98. The third-order valence-corrected chi connectivity index (χ3v) is 3.44. The van der Waals surface area contributed by atoms with Gasteiger partial charge >= 0.3 is 0 Å². The number of carbonyl (C=O) groups excluding carboxylic acids is 1. The molecule has 0 saturated carbocycles. The van der Waals surface area contributed by atoms with E-state index in [1.807, 2.05) is 25.1 Å². The van der Waals surface area contributed by atoms with Crippen molar-refractivity contribution in [2.24, 2.45) is 0 Å². The van der Waals surface area contributed by atoms with E-state index < -0.39 is 0 Å². The van der Waals surface area contributed by atoms with Crippen molar-refractivity contribution in [1.29, 1.82) is 0 Å². The summed E-state index contributed by atoms with van der Waals surface area (Å²) in [5.74, 6) is 0.974. The first-order chi connectivity index (χ1) is 9.19. The van der Waals surface area contributed by atoms with Crippen LogP contribution in [0.4, 0.5) is 0 Å². The van der Waals surface area contributed by atoms with Crippen molar-refractivity contribution in [1.82, 2.24) is 10.6 Å². The van der Waals surface area contributed by atoms with Crippen molar-refractivity contribution in [3.63, 3.8) is 0 Å². The first-order valence-corrected chi connectivity index (χ1v) is 6.85. The Balaban J connectivity index is 1.85. The van der Waals surface area contributed by atoms with Crippen LogP contribution < -0.4 is 15.4 Å². The van der Waals surface area contributed by atoms with E-state index in [1.165, 1.54) is 5.56 Å². The predicted molar refractivity (Wildman–Crippen MR) is 75.3 cm³/mol. The van der Waals surface area contributed by atoms with Crippen molar-refractivity contribution in [3.8, 4) is 5.75 Å². The van der Waals surface area contributed by atoms with E-state index in [0.717, 1.165) is 31.6 Å². The van der Waals surface area contributed by atoms with Gasteiger partial charge in [-0.25, -0.2) is 0 Å². The van der Waals surface area contributed by atoms with Crippen molar-refractivity contribution >= 4 is 5.91 Å². The minimum Gasteiger partial charge on any atom is -0.497 e. The molecule has 0 spiro atoms. The fraction of sp³-hybridized carbons (Fsp3) is 0.533. The number of benzene rings is 1. The van der Waals surface area contributed by atoms with Gasteiger partial charge in [-0.3, -0.25) is 4.79 Å². The van der Waals surface area contributed by atoms with Gasteiger partial charge in [0.05, 0.1) is 13.2 Å². The molecule has 0 aliphatic carbocycles. The Morgan fingerprint density at radius 3 is 3.11 bits per heavy atom.